The summed E-state index contributed by atoms with van der Waals surface area (Å²) >= 11 is 4.88. The zero-order valence-corrected chi connectivity index (χ0v) is 10.1. The molecule has 1 aromatic carbocycles. The zero-order chi connectivity index (χ0) is 12.1. The molecule has 86 valence electrons. The average molecular weight is 238 g/mol. The van der Waals surface area contributed by atoms with Crippen molar-refractivity contribution in [3.8, 4) is 5.75 Å². The lowest BCUT2D eigenvalue weighted by Gasteiger charge is -2.13. The predicted molar refractivity (Wildman–Crippen MR) is 66.5 cm³/mol. The van der Waals surface area contributed by atoms with Gasteiger partial charge in [0.2, 0.25) is 0 Å². The van der Waals surface area contributed by atoms with E-state index in [1.807, 2.05) is 6.07 Å². The van der Waals surface area contributed by atoms with Gasteiger partial charge in [0.1, 0.15) is 10.7 Å². The fourth-order valence-corrected chi connectivity index (χ4v) is 1.23. The molecule has 0 aromatic heterocycles. The van der Waals surface area contributed by atoms with Gasteiger partial charge in [0.25, 0.3) is 5.91 Å². The van der Waals surface area contributed by atoms with Crippen LogP contribution >= 0.6 is 12.2 Å². The first-order valence-corrected chi connectivity index (χ1v) is 5.15. The van der Waals surface area contributed by atoms with Gasteiger partial charge in [-0.3, -0.25) is 4.79 Å². The van der Waals surface area contributed by atoms with Gasteiger partial charge in [-0.25, -0.2) is 0 Å². The quantitative estimate of drug-likeness (QED) is 0.788. The SMILES string of the molecule is CN(C)C(=O)COc1ccccc1C(N)=S. The molecule has 0 atom stereocenters. The number of likely N-dealkylation sites (N-methyl/N-ethyl adjacent to an activating group) is 1. The fraction of sp³-hybridized carbons (Fsp3) is 0.273. The van der Waals surface area contributed by atoms with E-state index in [-0.39, 0.29) is 17.5 Å². The van der Waals surface area contributed by atoms with Gasteiger partial charge in [0, 0.05) is 14.1 Å². The van der Waals surface area contributed by atoms with Crippen LogP contribution < -0.4 is 10.5 Å². The summed E-state index contributed by atoms with van der Waals surface area (Å²) in [5.41, 5.74) is 6.18. The van der Waals surface area contributed by atoms with E-state index in [0.717, 1.165) is 0 Å². The van der Waals surface area contributed by atoms with E-state index in [1.165, 1.54) is 4.90 Å². The number of nitrogens with two attached hydrogens (primary N) is 1. The van der Waals surface area contributed by atoms with Crippen LogP contribution in [0.3, 0.4) is 0 Å². The Balaban J connectivity index is 2.74. The zero-order valence-electron chi connectivity index (χ0n) is 9.27. The van der Waals surface area contributed by atoms with Crippen LogP contribution in [-0.4, -0.2) is 36.5 Å². The van der Waals surface area contributed by atoms with E-state index in [0.29, 0.717) is 11.3 Å². The number of benzene rings is 1. The van der Waals surface area contributed by atoms with Gasteiger partial charge >= 0.3 is 0 Å². The predicted octanol–water partition coefficient (Wildman–Crippen LogP) is 0.788. The summed E-state index contributed by atoms with van der Waals surface area (Å²) in [6.07, 6.45) is 0. The molecule has 0 unspecified atom stereocenters. The van der Waals surface area contributed by atoms with Crippen molar-refractivity contribution in [2.45, 2.75) is 0 Å². The van der Waals surface area contributed by atoms with Crippen molar-refractivity contribution in [2.24, 2.45) is 5.73 Å². The molecule has 2 N–H and O–H groups in total. The second-order valence-electron chi connectivity index (χ2n) is 3.44. The third kappa shape index (κ3) is 3.20. The van der Waals surface area contributed by atoms with E-state index in [4.69, 9.17) is 22.7 Å². The molecule has 0 saturated heterocycles. The first-order chi connectivity index (χ1) is 7.52. The summed E-state index contributed by atoms with van der Waals surface area (Å²) in [6, 6.07) is 7.11. The lowest BCUT2D eigenvalue weighted by atomic mass is 10.2. The number of hydrogen-bond acceptors (Lipinski definition) is 3. The van der Waals surface area contributed by atoms with E-state index in [1.54, 1.807) is 32.3 Å². The lowest BCUT2D eigenvalue weighted by Crippen LogP contribution is -2.28. The molecule has 1 rings (SSSR count). The van der Waals surface area contributed by atoms with Crippen molar-refractivity contribution in [3.63, 3.8) is 0 Å². The summed E-state index contributed by atoms with van der Waals surface area (Å²) in [5, 5.41) is 0. The number of para-hydroxylation sites is 1. The molecule has 1 aromatic rings. The number of amides is 1. The van der Waals surface area contributed by atoms with Crippen LogP contribution in [0.2, 0.25) is 0 Å². The normalized spacial score (nSPS) is 9.62. The standard InChI is InChI=1S/C11H14N2O2S/c1-13(2)10(14)7-15-9-6-4-3-5-8(9)11(12)16/h3-6H,7H2,1-2H3,(H2,12,16). The Bertz CT molecular complexity index is 405. The summed E-state index contributed by atoms with van der Waals surface area (Å²) < 4.78 is 5.36. The van der Waals surface area contributed by atoms with Crippen LogP contribution in [0.4, 0.5) is 0 Å². The van der Waals surface area contributed by atoms with Gasteiger partial charge in [-0.1, -0.05) is 24.4 Å². The summed E-state index contributed by atoms with van der Waals surface area (Å²) in [5.74, 6) is 0.419. The average Bonchev–Trinajstić information content (AvgIpc) is 2.25. The van der Waals surface area contributed by atoms with E-state index in [9.17, 15) is 4.79 Å². The van der Waals surface area contributed by atoms with Gasteiger partial charge in [0.05, 0.1) is 5.56 Å². The Morgan fingerprint density at radius 1 is 1.44 bits per heavy atom. The number of carbonyl (C=O) groups is 1. The van der Waals surface area contributed by atoms with Crippen molar-refractivity contribution >= 4 is 23.1 Å². The van der Waals surface area contributed by atoms with Crippen molar-refractivity contribution in [2.75, 3.05) is 20.7 Å². The maximum Gasteiger partial charge on any atom is 0.259 e. The van der Waals surface area contributed by atoms with Gasteiger partial charge in [-0.2, -0.15) is 0 Å². The molecule has 0 radical (unpaired) electrons. The molecule has 0 aliphatic rings. The van der Waals surface area contributed by atoms with Crippen LogP contribution in [0.1, 0.15) is 5.56 Å². The van der Waals surface area contributed by atoms with Crippen LogP contribution in [0, 0.1) is 0 Å². The molecule has 4 nitrogen and oxygen atoms in total. The Hall–Kier alpha value is -1.62. The molecule has 0 bridgehead atoms. The van der Waals surface area contributed by atoms with E-state index >= 15 is 0 Å². The molecular formula is C11H14N2O2S. The lowest BCUT2D eigenvalue weighted by molar-refractivity contribution is -0.130. The summed E-state index contributed by atoms with van der Waals surface area (Å²) in [6.45, 7) is -0.0212. The third-order valence-corrected chi connectivity index (χ3v) is 2.22. The molecular weight excluding hydrogens is 224 g/mol. The number of rotatable bonds is 4. The van der Waals surface area contributed by atoms with E-state index in [2.05, 4.69) is 0 Å². The smallest absolute Gasteiger partial charge is 0.259 e. The second-order valence-corrected chi connectivity index (χ2v) is 3.88. The number of ether oxygens (including phenoxy) is 1. The Kier molecular flexibility index (Phi) is 4.25. The van der Waals surface area contributed by atoms with E-state index < -0.39 is 0 Å². The molecule has 1 amide bonds. The second kappa shape index (κ2) is 5.46. The minimum atomic E-state index is -0.113. The molecule has 0 aliphatic heterocycles. The van der Waals surface area contributed by atoms with Gasteiger partial charge in [-0.05, 0) is 12.1 Å². The van der Waals surface area contributed by atoms with Crippen LogP contribution in [-0.2, 0) is 4.79 Å². The number of nitrogens with zero attached hydrogens (tertiary/aromatic N) is 1. The summed E-state index contributed by atoms with van der Waals surface area (Å²) in [7, 11) is 3.34. The van der Waals surface area contributed by atoms with Gasteiger partial charge in [-0.15, -0.1) is 0 Å². The van der Waals surface area contributed by atoms with Crippen molar-refractivity contribution in [3.05, 3.63) is 29.8 Å². The minimum Gasteiger partial charge on any atom is -0.483 e. The molecule has 5 heteroatoms. The maximum atomic E-state index is 11.3. The molecule has 0 saturated carbocycles. The highest BCUT2D eigenvalue weighted by molar-refractivity contribution is 7.80. The van der Waals surface area contributed by atoms with Crippen molar-refractivity contribution < 1.29 is 9.53 Å². The molecule has 0 spiro atoms. The molecule has 0 fully saturated rings. The maximum absolute atomic E-state index is 11.3. The largest absolute Gasteiger partial charge is 0.483 e. The minimum absolute atomic E-state index is 0.0212. The van der Waals surface area contributed by atoms with Crippen LogP contribution in [0.5, 0.6) is 5.75 Å². The number of thiocarbonyl (C=S) groups is 1. The first kappa shape index (κ1) is 12.4. The Morgan fingerprint density at radius 2 is 2.06 bits per heavy atom. The highest BCUT2D eigenvalue weighted by Gasteiger charge is 2.09. The number of hydrogen-bond donors (Lipinski definition) is 1. The third-order valence-electron chi connectivity index (χ3n) is 2.00. The van der Waals surface area contributed by atoms with Gasteiger partial charge < -0.3 is 15.4 Å². The van der Waals surface area contributed by atoms with Crippen molar-refractivity contribution in [1.29, 1.82) is 0 Å². The molecule has 0 heterocycles. The fourth-order valence-electron chi connectivity index (χ4n) is 1.06. The van der Waals surface area contributed by atoms with Crippen LogP contribution in [0.25, 0.3) is 0 Å². The monoisotopic (exact) mass is 238 g/mol. The number of carbonyl (C=O) groups excluding carboxylic acids is 1. The highest BCUT2D eigenvalue weighted by atomic mass is 32.1. The molecule has 16 heavy (non-hydrogen) atoms. The van der Waals surface area contributed by atoms with Crippen molar-refractivity contribution in [1.82, 2.24) is 4.90 Å². The summed E-state index contributed by atoms with van der Waals surface area (Å²) in [4.78, 5) is 13.1. The Morgan fingerprint density at radius 3 is 2.62 bits per heavy atom. The first-order valence-electron chi connectivity index (χ1n) is 4.74. The van der Waals surface area contributed by atoms with Gasteiger partial charge in [0.15, 0.2) is 6.61 Å². The topological polar surface area (TPSA) is 55.6 Å². The Labute approximate surface area is 100.0 Å². The van der Waals surface area contributed by atoms with Crippen LogP contribution in [0.15, 0.2) is 24.3 Å². The molecule has 0 aliphatic carbocycles. The highest BCUT2D eigenvalue weighted by Crippen LogP contribution is 2.17.